The van der Waals surface area contributed by atoms with Crippen LogP contribution in [0.3, 0.4) is 0 Å². The minimum absolute atomic E-state index is 0.690. The molecule has 0 unspecified atom stereocenters. The molecular weight excluding hydrogens is 186 g/mol. The third kappa shape index (κ3) is 2.13. The number of hydrogen-bond donors (Lipinski definition) is 1. The first-order chi connectivity index (χ1) is 7.31. The van der Waals surface area contributed by atoms with Crippen molar-refractivity contribution in [2.45, 2.75) is 19.8 Å². The summed E-state index contributed by atoms with van der Waals surface area (Å²) in [6.45, 7) is 2.71. The van der Waals surface area contributed by atoms with E-state index in [4.69, 9.17) is 5.73 Å². The average Bonchev–Trinajstić information content (AvgIpc) is 2.26. The first kappa shape index (κ1) is 10.1. The van der Waals surface area contributed by atoms with E-state index in [2.05, 4.69) is 16.0 Å². The van der Waals surface area contributed by atoms with Crippen LogP contribution in [-0.4, -0.2) is 16.5 Å². The lowest BCUT2D eigenvalue weighted by Crippen LogP contribution is -2.04. The molecule has 0 aliphatic carbocycles. The topological polar surface area (TPSA) is 51.8 Å². The van der Waals surface area contributed by atoms with E-state index in [1.54, 1.807) is 0 Å². The zero-order chi connectivity index (χ0) is 10.7. The Kier molecular flexibility index (Phi) is 2.92. The molecule has 15 heavy (non-hydrogen) atoms. The Bertz CT molecular complexity index is 465. The van der Waals surface area contributed by atoms with Gasteiger partial charge in [0.25, 0.3) is 0 Å². The molecule has 0 atom stereocenters. The van der Waals surface area contributed by atoms with Crippen LogP contribution in [-0.2, 0) is 6.42 Å². The van der Waals surface area contributed by atoms with Gasteiger partial charge in [-0.3, -0.25) is 0 Å². The Morgan fingerprint density at radius 2 is 2.00 bits per heavy atom. The zero-order valence-electron chi connectivity index (χ0n) is 8.90. The van der Waals surface area contributed by atoms with E-state index < -0.39 is 0 Å². The van der Waals surface area contributed by atoms with Crippen LogP contribution in [0.2, 0.25) is 0 Å². The molecule has 78 valence electrons. The van der Waals surface area contributed by atoms with Crippen molar-refractivity contribution in [2.24, 2.45) is 5.73 Å². The van der Waals surface area contributed by atoms with Crippen LogP contribution in [0, 0.1) is 6.92 Å². The van der Waals surface area contributed by atoms with Crippen molar-refractivity contribution in [1.29, 1.82) is 0 Å². The number of para-hydroxylation sites is 1. The van der Waals surface area contributed by atoms with Crippen LogP contribution in [0.4, 0.5) is 0 Å². The van der Waals surface area contributed by atoms with Crippen LogP contribution < -0.4 is 5.73 Å². The largest absolute Gasteiger partial charge is 0.330 e. The number of nitrogens with two attached hydrogens (primary N) is 1. The lowest BCUT2D eigenvalue weighted by atomic mass is 10.2. The molecule has 1 aromatic heterocycles. The van der Waals surface area contributed by atoms with E-state index in [9.17, 15) is 0 Å². The van der Waals surface area contributed by atoms with Gasteiger partial charge in [-0.1, -0.05) is 18.2 Å². The molecule has 0 radical (unpaired) electrons. The highest BCUT2D eigenvalue weighted by molar-refractivity contribution is 5.80. The summed E-state index contributed by atoms with van der Waals surface area (Å²) >= 11 is 0. The van der Waals surface area contributed by atoms with Crippen LogP contribution in [0.5, 0.6) is 0 Å². The highest BCUT2D eigenvalue weighted by atomic mass is 14.9. The molecule has 1 aromatic carbocycles. The van der Waals surface area contributed by atoms with Gasteiger partial charge in [-0.2, -0.15) is 0 Å². The monoisotopic (exact) mass is 201 g/mol. The predicted octanol–water partition coefficient (Wildman–Crippen LogP) is 1.83. The van der Waals surface area contributed by atoms with Crippen molar-refractivity contribution in [2.75, 3.05) is 6.54 Å². The van der Waals surface area contributed by atoms with Crippen LogP contribution in [0.25, 0.3) is 10.9 Å². The maximum Gasteiger partial charge on any atom is 0.129 e. The SMILES string of the molecule is Cc1nc(CCCN)nc2ccccc12. The van der Waals surface area contributed by atoms with Crippen LogP contribution in [0.1, 0.15) is 17.9 Å². The standard InChI is InChI=1S/C12H15N3/c1-9-10-5-2-3-6-11(10)15-12(14-9)7-4-8-13/h2-3,5-6H,4,7-8,13H2,1H3. The minimum atomic E-state index is 0.690. The highest BCUT2D eigenvalue weighted by Gasteiger charge is 2.02. The molecular formula is C12H15N3. The average molecular weight is 201 g/mol. The molecule has 0 aliphatic heterocycles. The first-order valence-corrected chi connectivity index (χ1v) is 5.23. The van der Waals surface area contributed by atoms with Crippen LogP contribution in [0.15, 0.2) is 24.3 Å². The summed E-state index contributed by atoms with van der Waals surface area (Å²) in [6.07, 6.45) is 1.81. The smallest absolute Gasteiger partial charge is 0.129 e. The van der Waals surface area contributed by atoms with E-state index in [0.29, 0.717) is 6.54 Å². The number of aromatic nitrogens is 2. The molecule has 2 aromatic rings. The summed E-state index contributed by atoms with van der Waals surface area (Å²) in [5.41, 5.74) is 7.55. The number of fused-ring (bicyclic) bond motifs is 1. The first-order valence-electron chi connectivity index (χ1n) is 5.23. The number of nitrogens with zero attached hydrogens (tertiary/aromatic N) is 2. The fourth-order valence-electron chi connectivity index (χ4n) is 1.67. The Morgan fingerprint density at radius 3 is 2.80 bits per heavy atom. The second-order valence-corrected chi connectivity index (χ2v) is 3.63. The molecule has 0 saturated heterocycles. The van der Waals surface area contributed by atoms with Crippen LogP contribution >= 0.6 is 0 Å². The molecule has 0 aliphatic rings. The summed E-state index contributed by atoms with van der Waals surface area (Å²) < 4.78 is 0. The summed E-state index contributed by atoms with van der Waals surface area (Å²) in [5, 5.41) is 1.13. The number of aryl methyl sites for hydroxylation is 2. The van der Waals surface area contributed by atoms with Crippen molar-refractivity contribution in [3.63, 3.8) is 0 Å². The number of hydrogen-bond acceptors (Lipinski definition) is 3. The predicted molar refractivity (Wildman–Crippen MR) is 61.7 cm³/mol. The highest BCUT2D eigenvalue weighted by Crippen LogP contribution is 2.14. The Morgan fingerprint density at radius 1 is 1.20 bits per heavy atom. The fraction of sp³-hybridized carbons (Fsp3) is 0.333. The van der Waals surface area contributed by atoms with E-state index in [1.165, 1.54) is 0 Å². The van der Waals surface area contributed by atoms with Crippen molar-refractivity contribution in [3.05, 3.63) is 35.8 Å². The molecule has 2 N–H and O–H groups in total. The molecule has 0 amide bonds. The second kappa shape index (κ2) is 4.36. The second-order valence-electron chi connectivity index (χ2n) is 3.63. The number of benzene rings is 1. The Hall–Kier alpha value is -1.48. The van der Waals surface area contributed by atoms with Gasteiger partial charge in [0.1, 0.15) is 5.82 Å². The zero-order valence-corrected chi connectivity index (χ0v) is 8.90. The van der Waals surface area contributed by atoms with Gasteiger partial charge in [0.2, 0.25) is 0 Å². The van der Waals surface area contributed by atoms with E-state index in [0.717, 1.165) is 35.3 Å². The maximum absolute atomic E-state index is 5.47. The lowest BCUT2D eigenvalue weighted by Gasteiger charge is -2.04. The van der Waals surface area contributed by atoms with Gasteiger partial charge in [0.15, 0.2) is 0 Å². The maximum atomic E-state index is 5.47. The van der Waals surface area contributed by atoms with Crippen molar-refractivity contribution in [3.8, 4) is 0 Å². The summed E-state index contributed by atoms with van der Waals surface area (Å²) in [7, 11) is 0. The summed E-state index contributed by atoms with van der Waals surface area (Å²) in [4.78, 5) is 8.98. The van der Waals surface area contributed by atoms with Crippen molar-refractivity contribution in [1.82, 2.24) is 9.97 Å². The molecule has 1 heterocycles. The van der Waals surface area contributed by atoms with E-state index in [-0.39, 0.29) is 0 Å². The van der Waals surface area contributed by atoms with Gasteiger partial charge in [-0.05, 0) is 26.0 Å². The van der Waals surface area contributed by atoms with Gasteiger partial charge in [-0.15, -0.1) is 0 Å². The Labute approximate surface area is 89.4 Å². The van der Waals surface area contributed by atoms with E-state index in [1.807, 2.05) is 25.1 Å². The molecule has 3 heteroatoms. The molecule has 0 spiro atoms. The van der Waals surface area contributed by atoms with Crippen molar-refractivity contribution < 1.29 is 0 Å². The molecule has 0 fully saturated rings. The third-order valence-corrected chi connectivity index (χ3v) is 2.44. The third-order valence-electron chi connectivity index (χ3n) is 2.44. The van der Waals surface area contributed by atoms with Gasteiger partial charge in [0, 0.05) is 17.5 Å². The van der Waals surface area contributed by atoms with Gasteiger partial charge in [0.05, 0.1) is 5.52 Å². The Balaban J connectivity index is 2.43. The molecule has 3 nitrogen and oxygen atoms in total. The lowest BCUT2D eigenvalue weighted by molar-refractivity contribution is 0.782. The summed E-state index contributed by atoms with van der Waals surface area (Å²) in [6, 6.07) is 8.09. The van der Waals surface area contributed by atoms with Gasteiger partial charge in [-0.25, -0.2) is 9.97 Å². The molecule has 0 bridgehead atoms. The summed E-state index contributed by atoms with van der Waals surface area (Å²) in [5.74, 6) is 0.900. The minimum Gasteiger partial charge on any atom is -0.330 e. The van der Waals surface area contributed by atoms with Gasteiger partial charge >= 0.3 is 0 Å². The molecule has 0 saturated carbocycles. The normalized spacial score (nSPS) is 10.8. The number of rotatable bonds is 3. The fourth-order valence-corrected chi connectivity index (χ4v) is 1.67. The van der Waals surface area contributed by atoms with E-state index >= 15 is 0 Å². The molecule has 2 rings (SSSR count). The van der Waals surface area contributed by atoms with Crippen molar-refractivity contribution >= 4 is 10.9 Å². The quantitative estimate of drug-likeness (QED) is 0.824. The van der Waals surface area contributed by atoms with Gasteiger partial charge < -0.3 is 5.73 Å².